The number of hydrogen-bond acceptors (Lipinski definition) is 6. The first kappa shape index (κ1) is 20.6. The number of ether oxygens (including phenoxy) is 1. The van der Waals surface area contributed by atoms with Crippen LogP contribution in [0.25, 0.3) is 11.0 Å². The predicted molar refractivity (Wildman–Crippen MR) is 122 cm³/mol. The van der Waals surface area contributed by atoms with Crippen molar-refractivity contribution in [2.45, 2.75) is 18.2 Å². The van der Waals surface area contributed by atoms with Gasteiger partial charge in [0.05, 0.1) is 23.0 Å². The minimum absolute atomic E-state index is 0.0992. The second-order valence-electron chi connectivity index (χ2n) is 6.87. The third-order valence-corrected chi connectivity index (χ3v) is 6.12. The lowest BCUT2D eigenvalue weighted by Crippen LogP contribution is -2.16. The second kappa shape index (κ2) is 8.61. The first-order valence-corrected chi connectivity index (χ1v) is 11.3. The van der Waals surface area contributed by atoms with E-state index in [0.717, 1.165) is 17.7 Å². The fourth-order valence-corrected chi connectivity index (χ4v) is 4.11. The van der Waals surface area contributed by atoms with E-state index in [1.807, 2.05) is 42.5 Å². The zero-order chi connectivity index (χ0) is 21.8. The Balaban J connectivity index is 1.75. The minimum atomic E-state index is -3.88. The number of nitrogens with one attached hydrogen (secondary N) is 2. The fraction of sp³-hybridized carbons (Fsp3) is 0.130. The van der Waals surface area contributed by atoms with E-state index >= 15 is 0 Å². The van der Waals surface area contributed by atoms with Gasteiger partial charge in [0.15, 0.2) is 11.6 Å². The summed E-state index contributed by atoms with van der Waals surface area (Å²) in [5.41, 5.74) is 3.19. The molecule has 0 bridgehead atoms. The summed E-state index contributed by atoms with van der Waals surface area (Å²) in [7, 11) is -2.36. The number of para-hydroxylation sites is 2. The van der Waals surface area contributed by atoms with Crippen LogP contribution in [0.15, 0.2) is 77.7 Å². The van der Waals surface area contributed by atoms with E-state index < -0.39 is 10.0 Å². The second-order valence-corrected chi connectivity index (χ2v) is 8.55. The number of anilines is 3. The fourth-order valence-electron chi connectivity index (χ4n) is 3.11. The average molecular weight is 435 g/mol. The van der Waals surface area contributed by atoms with Gasteiger partial charge >= 0.3 is 0 Å². The Morgan fingerprint density at radius 2 is 1.55 bits per heavy atom. The summed E-state index contributed by atoms with van der Waals surface area (Å²) in [5, 5.41) is 3.21. The number of hydrogen-bond donors (Lipinski definition) is 2. The van der Waals surface area contributed by atoms with Gasteiger partial charge in [-0.25, -0.2) is 18.4 Å². The van der Waals surface area contributed by atoms with E-state index in [1.165, 1.54) is 19.2 Å². The molecule has 0 unspecified atom stereocenters. The average Bonchev–Trinajstić information content (AvgIpc) is 2.79. The first-order valence-electron chi connectivity index (χ1n) is 9.78. The summed E-state index contributed by atoms with van der Waals surface area (Å²) >= 11 is 0. The van der Waals surface area contributed by atoms with E-state index in [2.05, 4.69) is 26.9 Å². The molecule has 3 aromatic carbocycles. The molecule has 2 N–H and O–H groups in total. The van der Waals surface area contributed by atoms with Crippen LogP contribution < -0.4 is 14.8 Å². The molecule has 0 fully saturated rings. The van der Waals surface area contributed by atoms with Crippen LogP contribution in [0.2, 0.25) is 0 Å². The number of aromatic nitrogens is 2. The van der Waals surface area contributed by atoms with Gasteiger partial charge in [-0.1, -0.05) is 31.2 Å². The molecule has 0 aliphatic rings. The van der Waals surface area contributed by atoms with Crippen molar-refractivity contribution in [3.63, 3.8) is 0 Å². The Kier molecular flexibility index (Phi) is 5.73. The molecule has 0 aliphatic heterocycles. The molecule has 0 saturated heterocycles. The first-order chi connectivity index (χ1) is 15.0. The van der Waals surface area contributed by atoms with Crippen molar-refractivity contribution in [3.8, 4) is 5.75 Å². The van der Waals surface area contributed by atoms with Gasteiger partial charge < -0.3 is 10.1 Å². The number of aryl methyl sites for hydroxylation is 1. The zero-order valence-electron chi connectivity index (χ0n) is 17.2. The quantitative estimate of drug-likeness (QED) is 0.436. The lowest BCUT2D eigenvalue weighted by molar-refractivity contribution is 0.414. The standard InChI is InChI=1S/C23H22N4O3S/c1-3-16-7-6-8-17(15-16)24-22-23(26-21-10-5-4-9-20(21)25-22)27-31(28,29)19-13-11-18(30-2)12-14-19/h4-15H,3H2,1-2H3,(H,24,25)(H,26,27). The molecule has 0 spiro atoms. The van der Waals surface area contributed by atoms with Gasteiger partial charge in [0.1, 0.15) is 5.75 Å². The van der Waals surface area contributed by atoms with Gasteiger partial charge in [0.2, 0.25) is 0 Å². The monoisotopic (exact) mass is 434 g/mol. The predicted octanol–water partition coefficient (Wildman–Crippen LogP) is 4.75. The smallest absolute Gasteiger partial charge is 0.263 e. The number of nitrogens with zero attached hydrogens (tertiary/aromatic N) is 2. The van der Waals surface area contributed by atoms with Gasteiger partial charge in [0, 0.05) is 5.69 Å². The van der Waals surface area contributed by atoms with E-state index in [0.29, 0.717) is 22.6 Å². The van der Waals surface area contributed by atoms with Crippen LogP contribution in [0.4, 0.5) is 17.3 Å². The molecule has 1 aromatic heterocycles. The highest BCUT2D eigenvalue weighted by Gasteiger charge is 2.19. The molecule has 0 amide bonds. The molecule has 4 aromatic rings. The number of fused-ring (bicyclic) bond motifs is 1. The van der Waals surface area contributed by atoms with Crippen molar-refractivity contribution in [3.05, 3.63) is 78.4 Å². The topological polar surface area (TPSA) is 93.2 Å². The number of sulfonamides is 1. The van der Waals surface area contributed by atoms with Crippen molar-refractivity contribution in [2.75, 3.05) is 17.1 Å². The highest BCUT2D eigenvalue weighted by molar-refractivity contribution is 7.92. The van der Waals surface area contributed by atoms with Crippen LogP contribution in [-0.4, -0.2) is 25.5 Å². The van der Waals surface area contributed by atoms with E-state index in [1.54, 1.807) is 18.2 Å². The third-order valence-electron chi connectivity index (χ3n) is 4.77. The van der Waals surface area contributed by atoms with Gasteiger partial charge in [-0.2, -0.15) is 0 Å². The van der Waals surface area contributed by atoms with E-state index in [4.69, 9.17) is 4.74 Å². The van der Waals surface area contributed by atoms with Crippen molar-refractivity contribution < 1.29 is 13.2 Å². The van der Waals surface area contributed by atoms with Crippen LogP contribution in [0, 0.1) is 0 Å². The summed E-state index contributed by atoms with van der Waals surface area (Å²) in [6.07, 6.45) is 0.885. The Labute approximate surface area is 181 Å². The van der Waals surface area contributed by atoms with E-state index in [-0.39, 0.29) is 10.7 Å². The highest BCUT2D eigenvalue weighted by Crippen LogP contribution is 2.28. The number of rotatable bonds is 7. The largest absolute Gasteiger partial charge is 0.497 e. The van der Waals surface area contributed by atoms with E-state index in [9.17, 15) is 8.42 Å². The highest BCUT2D eigenvalue weighted by atomic mass is 32.2. The normalized spacial score (nSPS) is 11.3. The molecule has 0 atom stereocenters. The molecule has 4 rings (SSSR count). The molecule has 158 valence electrons. The molecule has 8 heteroatoms. The maximum absolute atomic E-state index is 13.0. The van der Waals surface area contributed by atoms with Gasteiger partial charge in [-0.15, -0.1) is 0 Å². The Bertz CT molecular complexity index is 1320. The minimum Gasteiger partial charge on any atom is -0.497 e. The van der Waals surface area contributed by atoms with Crippen molar-refractivity contribution in [2.24, 2.45) is 0 Å². The number of methoxy groups -OCH3 is 1. The molecule has 0 saturated carbocycles. The van der Waals surface area contributed by atoms with Crippen LogP contribution in [-0.2, 0) is 16.4 Å². The Hall–Kier alpha value is -3.65. The van der Waals surface area contributed by atoms with Crippen molar-refractivity contribution >= 4 is 38.4 Å². The lowest BCUT2D eigenvalue weighted by atomic mass is 10.1. The molecule has 0 radical (unpaired) electrons. The Morgan fingerprint density at radius 1 is 0.871 bits per heavy atom. The molecular weight excluding hydrogens is 412 g/mol. The summed E-state index contributed by atoms with van der Waals surface area (Å²) < 4.78 is 33.7. The summed E-state index contributed by atoms with van der Waals surface area (Å²) in [5.74, 6) is 1.02. The summed E-state index contributed by atoms with van der Waals surface area (Å²) in [4.78, 5) is 9.23. The molecular formula is C23H22N4O3S. The summed E-state index contributed by atoms with van der Waals surface area (Å²) in [6, 6.07) is 21.3. The van der Waals surface area contributed by atoms with Crippen LogP contribution >= 0.6 is 0 Å². The van der Waals surface area contributed by atoms with Gasteiger partial charge in [-0.3, -0.25) is 4.72 Å². The third kappa shape index (κ3) is 4.59. The zero-order valence-corrected chi connectivity index (χ0v) is 18.0. The molecule has 1 heterocycles. The maximum Gasteiger partial charge on any atom is 0.263 e. The maximum atomic E-state index is 13.0. The van der Waals surface area contributed by atoms with Crippen molar-refractivity contribution in [1.29, 1.82) is 0 Å². The number of benzene rings is 3. The molecule has 7 nitrogen and oxygen atoms in total. The van der Waals surface area contributed by atoms with Gasteiger partial charge in [-0.05, 0) is 60.5 Å². The summed E-state index contributed by atoms with van der Waals surface area (Å²) in [6.45, 7) is 2.07. The SMILES string of the molecule is CCc1cccc(Nc2nc3ccccc3nc2NS(=O)(=O)c2ccc(OC)cc2)c1. The van der Waals surface area contributed by atoms with Crippen molar-refractivity contribution in [1.82, 2.24) is 9.97 Å². The van der Waals surface area contributed by atoms with Crippen LogP contribution in [0.1, 0.15) is 12.5 Å². The Morgan fingerprint density at radius 3 is 2.19 bits per heavy atom. The lowest BCUT2D eigenvalue weighted by Gasteiger charge is -2.14. The van der Waals surface area contributed by atoms with Crippen LogP contribution in [0.5, 0.6) is 5.75 Å². The molecule has 31 heavy (non-hydrogen) atoms. The molecule has 0 aliphatic carbocycles. The van der Waals surface area contributed by atoms with Gasteiger partial charge in [0.25, 0.3) is 10.0 Å². The van der Waals surface area contributed by atoms with Crippen LogP contribution in [0.3, 0.4) is 0 Å².